The van der Waals surface area contributed by atoms with Gasteiger partial charge in [0.25, 0.3) is 0 Å². The summed E-state index contributed by atoms with van der Waals surface area (Å²) in [5, 5.41) is 3.20. The van der Waals surface area contributed by atoms with Gasteiger partial charge >= 0.3 is 5.97 Å². The topological polar surface area (TPSA) is 38.3 Å². The molecule has 0 heterocycles. The molecule has 1 atom stereocenters. The van der Waals surface area contributed by atoms with Crippen LogP contribution in [-0.2, 0) is 9.53 Å². The molecule has 0 spiro atoms. The summed E-state index contributed by atoms with van der Waals surface area (Å²) in [6.45, 7) is 0.441. The Morgan fingerprint density at radius 3 is 1.96 bits per heavy atom. The lowest BCUT2D eigenvalue weighted by Crippen LogP contribution is -2.30. The number of benzene rings is 3. The third-order valence-corrected chi connectivity index (χ3v) is 4.44. The van der Waals surface area contributed by atoms with E-state index >= 15 is 0 Å². The fraction of sp³-hybridized carbons (Fsp3) is 0.125. The van der Waals surface area contributed by atoms with E-state index in [1.807, 2.05) is 42.5 Å². The van der Waals surface area contributed by atoms with Crippen molar-refractivity contribution in [2.24, 2.45) is 0 Å². The molecule has 0 saturated heterocycles. The largest absolute Gasteiger partial charge is 0.468 e. The Hall–Kier alpha value is -3.24. The third-order valence-electron chi connectivity index (χ3n) is 4.44. The van der Waals surface area contributed by atoms with Gasteiger partial charge in [0.15, 0.2) is 0 Å². The van der Waals surface area contributed by atoms with E-state index in [1.165, 1.54) is 19.2 Å². The van der Waals surface area contributed by atoms with Gasteiger partial charge in [-0.05, 0) is 34.4 Å². The Bertz CT molecular complexity index is 880. The van der Waals surface area contributed by atoms with Crippen LogP contribution in [0.2, 0.25) is 0 Å². The molecule has 142 valence electrons. The molecule has 0 bridgehead atoms. The Kier molecular flexibility index (Phi) is 6.71. The van der Waals surface area contributed by atoms with Crippen LogP contribution in [0.25, 0.3) is 5.57 Å². The summed E-state index contributed by atoms with van der Waals surface area (Å²) < 4.78 is 18.1. The van der Waals surface area contributed by atoms with Gasteiger partial charge in [-0.2, -0.15) is 0 Å². The zero-order valence-corrected chi connectivity index (χ0v) is 15.6. The van der Waals surface area contributed by atoms with E-state index < -0.39 is 12.0 Å². The first-order valence-corrected chi connectivity index (χ1v) is 9.06. The van der Waals surface area contributed by atoms with Gasteiger partial charge in [-0.1, -0.05) is 78.9 Å². The molecule has 0 saturated carbocycles. The standard InChI is InChI=1S/C24H22FNO2/c1-28-24(27)23(20-12-14-21(25)15-13-20)26-17-16-22(18-8-4-2-5-9-18)19-10-6-3-7-11-19/h2-16,23,26H,17H2,1H3. The van der Waals surface area contributed by atoms with Crippen LogP contribution in [0.3, 0.4) is 0 Å². The smallest absolute Gasteiger partial charge is 0.327 e. The van der Waals surface area contributed by atoms with E-state index in [2.05, 4.69) is 29.6 Å². The lowest BCUT2D eigenvalue weighted by Gasteiger charge is -2.17. The molecule has 0 aliphatic carbocycles. The molecule has 3 rings (SSSR count). The number of ether oxygens (including phenoxy) is 1. The number of halogens is 1. The van der Waals surface area contributed by atoms with Crippen molar-refractivity contribution < 1.29 is 13.9 Å². The average Bonchev–Trinajstić information content (AvgIpc) is 2.75. The van der Waals surface area contributed by atoms with Gasteiger partial charge in [-0.3, -0.25) is 5.32 Å². The van der Waals surface area contributed by atoms with Crippen LogP contribution >= 0.6 is 0 Å². The predicted octanol–water partition coefficient (Wildman–Crippen LogP) is 4.76. The lowest BCUT2D eigenvalue weighted by atomic mass is 9.97. The molecule has 3 aromatic carbocycles. The maximum atomic E-state index is 13.2. The second-order valence-electron chi connectivity index (χ2n) is 6.27. The first-order chi connectivity index (χ1) is 13.7. The molecule has 0 aromatic heterocycles. The number of esters is 1. The van der Waals surface area contributed by atoms with Crippen LogP contribution in [0.1, 0.15) is 22.7 Å². The SMILES string of the molecule is COC(=O)C(NCC=C(c1ccccc1)c1ccccc1)c1ccc(F)cc1. The number of hydrogen-bond donors (Lipinski definition) is 1. The maximum absolute atomic E-state index is 13.2. The highest BCUT2D eigenvalue weighted by Gasteiger charge is 2.20. The van der Waals surface area contributed by atoms with Crippen molar-refractivity contribution in [1.29, 1.82) is 0 Å². The molecule has 0 fully saturated rings. The first kappa shape index (κ1) is 19.5. The summed E-state index contributed by atoms with van der Waals surface area (Å²) in [5.41, 5.74) is 3.90. The minimum Gasteiger partial charge on any atom is -0.468 e. The Labute approximate surface area is 164 Å². The van der Waals surface area contributed by atoms with Crippen molar-refractivity contribution >= 4 is 11.5 Å². The molecule has 1 unspecified atom stereocenters. The number of rotatable bonds is 7. The van der Waals surface area contributed by atoms with Gasteiger partial charge < -0.3 is 4.74 Å². The predicted molar refractivity (Wildman–Crippen MR) is 109 cm³/mol. The van der Waals surface area contributed by atoms with Crippen molar-refractivity contribution in [1.82, 2.24) is 5.32 Å². The number of methoxy groups -OCH3 is 1. The van der Waals surface area contributed by atoms with Gasteiger partial charge in [0.05, 0.1) is 7.11 Å². The Morgan fingerprint density at radius 1 is 0.929 bits per heavy atom. The molecular formula is C24H22FNO2. The normalized spacial score (nSPS) is 11.5. The van der Waals surface area contributed by atoms with Crippen molar-refractivity contribution in [2.75, 3.05) is 13.7 Å². The van der Waals surface area contributed by atoms with Crippen LogP contribution in [0.5, 0.6) is 0 Å². The minimum atomic E-state index is -0.672. The first-order valence-electron chi connectivity index (χ1n) is 9.06. The van der Waals surface area contributed by atoms with Crippen LogP contribution in [-0.4, -0.2) is 19.6 Å². The number of carbonyl (C=O) groups is 1. The summed E-state index contributed by atoms with van der Waals surface area (Å²) in [6.07, 6.45) is 2.05. The highest BCUT2D eigenvalue weighted by Crippen LogP contribution is 2.23. The zero-order chi connectivity index (χ0) is 19.8. The second kappa shape index (κ2) is 9.62. The summed E-state index contributed by atoms with van der Waals surface area (Å²) in [5.74, 6) is -0.760. The van der Waals surface area contributed by atoms with E-state index in [9.17, 15) is 9.18 Å². The third kappa shape index (κ3) is 4.93. The monoisotopic (exact) mass is 375 g/mol. The number of nitrogens with one attached hydrogen (secondary N) is 1. The molecule has 1 N–H and O–H groups in total. The molecule has 0 aliphatic rings. The summed E-state index contributed by atoms with van der Waals surface area (Å²) >= 11 is 0. The van der Waals surface area contributed by atoms with Crippen LogP contribution in [0, 0.1) is 5.82 Å². The van der Waals surface area contributed by atoms with Gasteiger partial charge in [0.2, 0.25) is 0 Å². The lowest BCUT2D eigenvalue weighted by molar-refractivity contribution is -0.143. The quantitative estimate of drug-likeness (QED) is 0.605. The van der Waals surface area contributed by atoms with Crippen LogP contribution < -0.4 is 5.32 Å². The molecular weight excluding hydrogens is 353 g/mol. The molecule has 4 heteroatoms. The van der Waals surface area contributed by atoms with E-state index in [-0.39, 0.29) is 5.82 Å². The van der Waals surface area contributed by atoms with Crippen molar-refractivity contribution in [3.05, 3.63) is 114 Å². The van der Waals surface area contributed by atoms with E-state index in [0.717, 1.165) is 16.7 Å². The highest BCUT2D eigenvalue weighted by atomic mass is 19.1. The average molecular weight is 375 g/mol. The van der Waals surface area contributed by atoms with Crippen LogP contribution in [0.15, 0.2) is 91.0 Å². The molecule has 0 amide bonds. The zero-order valence-electron chi connectivity index (χ0n) is 15.6. The molecule has 3 nitrogen and oxygen atoms in total. The number of carbonyl (C=O) groups excluding carboxylic acids is 1. The van der Waals surface area contributed by atoms with E-state index in [4.69, 9.17) is 4.74 Å². The van der Waals surface area contributed by atoms with E-state index in [0.29, 0.717) is 12.1 Å². The molecule has 3 aromatic rings. The van der Waals surface area contributed by atoms with Gasteiger partial charge in [-0.15, -0.1) is 0 Å². The van der Waals surface area contributed by atoms with Gasteiger partial charge in [-0.25, -0.2) is 9.18 Å². The van der Waals surface area contributed by atoms with Gasteiger partial charge in [0.1, 0.15) is 11.9 Å². The molecule has 28 heavy (non-hydrogen) atoms. The molecule has 0 aliphatic heterocycles. The number of hydrogen-bond acceptors (Lipinski definition) is 3. The van der Waals surface area contributed by atoms with Crippen LogP contribution in [0.4, 0.5) is 4.39 Å². The summed E-state index contributed by atoms with van der Waals surface area (Å²) in [6, 6.07) is 25.3. The minimum absolute atomic E-state index is 0.345. The van der Waals surface area contributed by atoms with Crippen molar-refractivity contribution in [3.63, 3.8) is 0 Å². The highest BCUT2D eigenvalue weighted by molar-refractivity contribution is 5.80. The van der Waals surface area contributed by atoms with Crippen molar-refractivity contribution in [2.45, 2.75) is 6.04 Å². The second-order valence-corrected chi connectivity index (χ2v) is 6.27. The Morgan fingerprint density at radius 2 is 1.46 bits per heavy atom. The fourth-order valence-electron chi connectivity index (χ4n) is 3.03. The summed E-state index contributed by atoms with van der Waals surface area (Å²) in [7, 11) is 1.34. The van der Waals surface area contributed by atoms with E-state index in [1.54, 1.807) is 12.1 Å². The summed E-state index contributed by atoms with van der Waals surface area (Å²) in [4.78, 5) is 12.2. The van der Waals surface area contributed by atoms with Crippen molar-refractivity contribution in [3.8, 4) is 0 Å². The Balaban J connectivity index is 1.85. The van der Waals surface area contributed by atoms with Gasteiger partial charge in [0, 0.05) is 6.54 Å². The maximum Gasteiger partial charge on any atom is 0.327 e. The fourth-order valence-corrected chi connectivity index (χ4v) is 3.03. The molecule has 0 radical (unpaired) electrons.